The second-order valence-electron chi connectivity index (χ2n) is 5.97. The molecular formula is C16H19N7. The average Bonchev–Trinajstić information content (AvgIpc) is 2.90. The zero-order valence-electron chi connectivity index (χ0n) is 13.1. The molecule has 3 aromatic heterocycles. The molecule has 1 saturated heterocycles. The van der Waals surface area contributed by atoms with Crippen LogP contribution < -0.4 is 10.6 Å². The molecule has 1 aliphatic heterocycles. The van der Waals surface area contributed by atoms with Crippen LogP contribution in [-0.4, -0.2) is 37.8 Å². The van der Waals surface area contributed by atoms with E-state index in [1.165, 1.54) is 0 Å². The van der Waals surface area contributed by atoms with Gasteiger partial charge in [0.05, 0.1) is 5.39 Å². The lowest BCUT2D eigenvalue weighted by atomic mass is 9.94. The van der Waals surface area contributed by atoms with E-state index in [1.54, 1.807) is 17.2 Å². The van der Waals surface area contributed by atoms with Crippen molar-refractivity contribution >= 4 is 22.7 Å². The summed E-state index contributed by atoms with van der Waals surface area (Å²) < 4.78 is 1.75. The minimum atomic E-state index is 0.388. The monoisotopic (exact) mass is 309 g/mol. The average molecular weight is 309 g/mol. The van der Waals surface area contributed by atoms with Gasteiger partial charge in [0.1, 0.15) is 12.1 Å². The lowest BCUT2D eigenvalue weighted by Gasteiger charge is -2.33. The van der Waals surface area contributed by atoms with Crippen LogP contribution in [-0.2, 0) is 7.05 Å². The second kappa shape index (κ2) is 5.49. The summed E-state index contributed by atoms with van der Waals surface area (Å²) in [7, 11) is 1.88. The van der Waals surface area contributed by atoms with Gasteiger partial charge < -0.3 is 10.6 Å². The quantitative estimate of drug-likeness (QED) is 0.776. The molecule has 3 aromatic rings. The van der Waals surface area contributed by atoms with Gasteiger partial charge in [0, 0.05) is 37.9 Å². The number of aryl methyl sites for hydroxylation is 1. The number of pyridine rings is 1. The maximum atomic E-state index is 5.91. The largest absolute Gasteiger partial charge is 0.382 e. The summed E-state index contributed by atoms with van der Waals surface area (Å²) in [6, 6.07) is 6.07. The zero-order chi connectivity index (χ0) is 15.8. The predicted molar refractivity (Wildman–Crippen MR) is 89.1 cm³/mol. The normalized spacial score (nSPS) is 18.5. The van der Waals surface area contributed by atoms with Crippen molar-refractivity contribution in [1.29, 1.82) is 0 Å². The number of rotatable bonds is 2. The number of nitrogens with two attached hydrogens (primary N) is 1. The number of hydrogen-bond acceptors (Lipinski definition) is 6. The van der Waals surface area contributed by atoms with Gasteiger partial charge in [-0.1, -0.05) is 0 Å². The lowest BCUT2D eigenvalue weighted by molar-refractivity contribution is 0.499. The predicted octanol–water partition coefficient (Wildman–Crippen LogP) is 1.72. The van der Waals surface area contributed by atoms with E-state index < -0.39 is 0 Å². The molecule has 0 amide bonds. The number of piperidine rings is 1. The molecule has 0 aliphatic carbocycles. The minimum absolute atomic E-state index is 0.388. The maximum absolute atomic E-state index is 5.91. The maximum Gasteiger partial charge on any atom is 0.159 e. The topological polar surface area (TPSA) is 85.8 Å². The Labute approximate surface area is 134 Å². The molecule has 0 spiro atoms. The highest BCUT2D eigenvalue weighted by molar-refractivity contribution is 5.86. The minimum Gasteiger partial charge on any atom is -0.382 e. The van der Waals surface area contributed by atoms with Crippen LogP contribution in [0.3, 0.4) is 0 Å². The van der Waals surface area contributed by atoms with Crippen molar-refractivity contribution in [2.45, 2.75) is 18.8 Å². The molecule has 7 nitrogen and oxygen atoms in total. The Kier molecular flexibility index (Phi) is 3.33. The second-order valence-corrected chi connectivity index (χ2v) is 5.97. The summed E-state index contributed by atoms with van der Waals surface area (Å²) in [5.41, 5.74) is 7.85. The van der Waals surface area contributed by atoms with Crippen LogP contribution in [0.25, 0.3) is 11.0 Å². The van der Waals surface area contributed by atoms with E-state index in [2.05, 4.69) is 26.0 Å². The fraction of sp³-hybridized carbons (Fsp3) is 0.375. The Morgan fingerprint density at radius 2 is 2.17 bits per heavy atom. The standard InChI is InChI=1S/C16H19N7/c1-22-16-12(15(17)21-22)4-5-13(20-16)11-3-2-8-23(9-11)14-6-7-18-10-19-14/h4-7,10-11H,2-3,8-9H2,1H3,(H2,17,21)/t11-/m1/s1. The molecule has 7 heteroatoms. The number of hydrogen-bond donors (Lipinski definition) is 1. The van der Waals surface area contributed by atoms with Crippen molar-refractivity contribution in [2.75, 3.05) is 23.7 Å². The Bertz CT molecular complexity index is 827. The van der Waals surface area contributed by atoms with Gasteiger partial charge >= 0.3 is 0 Å². The number of aromatic nitrogens is 5. The van der Waals surface area contributed by atoms with Crippen molar-refractivity contribution < 1.29 is 0 Å². The van der Waals surface area contributed by atoms with E-state index in [0.717, 1.165) is 48.5 Å². The third-order valence-corrected chi connectivity index (χ3v) is 4.47. The highest BCUT2D eigenvalue weighted by atomic mass is 15.3. The summed E-state index contributed by atoms with van der Waals surface area (Å²) in [4.78, 5) is 15.5. The third kappa shape index (κ3) is 2.48. The molecule has 1 atom stereocenters. The molecule has 0 saturated carbocycles. The molecular weight excluding hydrogens is 290 g/mol. The Morgan fingerprint density at radius 1 is 1.26 bits per heavy atom. The van der Waals surface area contributed by atoms with Crippen molar-refractivity contribution in [3.8, 4) is 0 Å². The van der Waals surface area contributed by atoms with E-state index in [4.69, 9.17) is 10.7 Å². The molecule has 0 unspecified atom stereocenters. The molecule has 1 fully saturated rings. The summed E-state index contributed by atoms with van der Waals surface area (Å²) in [6.07, 6.45) is 5.64. The molecule has 0 aromatic carbocycles. The molecule has 4 rings (SSSR count). The van der Waals surface area contributed by atoms with E-state index >= 15 is 0 Å². The van der Waals surface area contributed by atoms with Gasteiger partial charge in [0.15, 0.2) is 11.5 Å². The van der Waals surface area contributed by atoms with Crippen LogP contribution in [0.15, 0.2) is 30.7 Å². The Morgan fingerprint density at radius 3 is 3.00 bits per heavy atom. The fourth-order valence-corrected chi connectivity index (χ4v) is 3.30. The van der Waals surface area contributed by atoms with E-state index in [1.807, 2.05) is 19.2 Å². The molecule has 0 radical (unpaired) electrons. The van der Waals surface area contributed by atoms with Crippen molar-refractivity contribution in [2.24, 2.45) is 7.05 Å². The Balaban J connectivity index is 1.63. The number of fused-ring (bicyclic) bond motifs is 1. The van der Waals surface area contributed by atoms with Gasteiger partial charge in [0.25, 0.3) is 0 Å². The molecule has 0 bridgehead atoms. The van der Waals surface area contributed by atoms with Gasteiger partial charge in [-0.15, -0.1) is 0 Å². The zero-order valence-corrected chi connectivity index (χ0v) is 13.1. The van der Waals surface area contributed by atoms with Crippen LogP contribution in [0.1, 0.15) is 24.5 Å². The van der Waals surface area contributed by atoms with Gasteiger partial charge in [-0.05, 0) is 31.0 Å². The first-order chi connectivity index (χ1) is 11.2. The van der Waals surface area contributed by atoms with Crippen molar-refractivity contribution in [3.63, 3.8) is 0 Å². The summed E-state index contributed by atoms with van der Waals surface area (Å²) >= 11 is 0. The number of nitrogens with zero attached hydrogens (tertiary/aromatic N) is 6. The first kappa shape index (κ1) is 13.9. The van der Waals surface area contributed by atoms with Gasteiger partial charge in [-0.2, -0.15) is 5.10 Å². The van der Waals surface area contributed by atoms with Crippen LogP contribution in [0.4, 0.5) is 11.6 Å². The van der Waals surface area contributed by atoms with Crippen molar-refractivity contribution in [3.05, 3.63) is 36.4 Å². The van der Waals surface area contributed by atoms with Crippen LogP contribution in [0, 0.1) is 0 Å². The highest BCUT2D eigenvalue weighted by Gasteiger charge is 2.24. The van der Waals surface area contributed by atoms with Gasteiger partial charge in [0.2, 0.25) is 0 Å². The summed E-state index contributed by atoms with van der Waals surface area (Å²) in [6.45, 7) is 1.94. The molecule has 1 aliphatic rings. The van der Waals surface area contributed by atoms with Gasteiger partial charge in [-0.3, -0.25) is 0 Å². The molecule has 2 N–H and O–H groups in total. The third-order valence-electron chi connectivity index (χ3n) is 4.47. The molecule has 4 heterocycles. The smallest absolute Gasteiger partial charge is 0.159 e. The summed E-state index contributed by atoms with van der Waals surface area (Å²) in [5.74, 6) is 1.91. The number of nitrogen functional groups attached to an aromatic ring is 1. The lowest BCUT2D eigenvalue weighted by Crippen LogP contribution is -2.35. The van der Waals surface area contributed by atoms with E-state index in [-0.39, 0.29) is 0 Å². The summed E-state index contributed by atoms with van der Waals surface area (Å²) in [5, 5.41) is 5.16. The van der Waals surface area contributed by atoms with Crippen LogP contribution >= 0.6 is 0 Å². The first-order valence-electron chi connectivity index (χ1n) is 7.82. The van der Waals surface area contributed by atoms with Gasteiger partial charge in [-0.25, -0.2) is 19.6 Å². The first-order valence-corrected chi connectivity index (χ1v) is 7.82. The van der Waals surface area contributed by atoms with E-state index in [0.29, 0.717) is 11.7 Å². The molecule has 23 heavy (non-hydrogen) atoms. The SMILES string of the molecule is Cn1nc(N)c2ccc([C@@H]3CCCN(c4ccncn4)C3)nc21. The van der Waals surface area contributed by atoms with E-state index in [9.17, 15) is 0 Å². The molecule has 118 valence electrons. The van der Waals surface area contributed by atoms with Crippen molar-refractivity contribution in [1.82, 2.24) is 24.7 Å². The van der Waals surface area contributed by atoms with Crippen LogP contribution in [0.2, 0.25) is 0 Å². The highest BCUT2D eigenvalue weighted by Crippen LogP contribution is 2.29. The Hall–Kier alpha value is -2.70. The number of anilines is 2. The van der Waals surface area contributed by atoms with Crippen LogP contribution in [0.5, 0.6) is 0 Å². The fourth-order valence-electron chi connectivity index (χ4n) is 3.30.